The van der Waals surface area contributed by atoms with E-state index in [4.69, 9.17) is 0 Å². The molecule has 25 heavy (non-hydrogen) atoms. The van der Waals surface area contributed by atoms with E-state index in [1.54, 1.807) is 0 Å². The Bertz CT molecular complexity index is 614. The van der Waals surface area contributed by atoms with E-state index >= 15 is 0 Å². The maximum Gasteiger partial charge on any atom is 0.228 e. The molecule has 2 atom stereocenters. The molecule has 2 amide bonds. The maximum absolute atomic E-state index is 12.9. The predicted molar refractivity (Wildman–Crippen MR) is 99.1 cm³/mol. The highest BCUT2D eigenvalue weighted by Gasteiger charge is 2.49. The molecule has 2 fully saturated rings. The van der Waals surface area contributed by atoms with E-state index in [0.29, 0.717) is 18.9 Å². The highest BCUT2D eigenvalue weighted by atomic mass is 16.2. The van der Waals surface area contributed by atoms with Gasteiger partial charge in [-0.1, -0.05) is 31.9 Å². The lowest BCUT2D eigenvalue weighted by Crippen LogP contribution is -2.47. The van der Waals surface area contributed by atoms with Gasteiger partial charge in [0.2, 0.25) is 11.8 Å². The first-order chi connectivity index (χ1) is 12.1. The number of benzene rings is 1. The molecule has 5 nitrogen and oxygen atoms in total. The summed E-state index contributed by atoms with van der Waals surface area (Å²) < 4.78 is 0. The zero-order valence-electron chi connectivity index (χ0n) is 15.1. The average Bonchev–Trinajstić information content (AvgIpc) is 3.06. The van der Waals surface area contributed by atoms with Crippen LogP contribution in [0.5, 0.6) is 0 Å². The van der Waals surface area contributed by atoms with E-state index in [1.165, 1.54) is 6.42 Å². The molecule has 1 aliphatic heterocycles. The largest absolute Gasteiger partial charge is 0.351 e. The van der Waals surface area contributed by atoms with Crippen LogP contribution in [-0.2, 0) is 16.1 Å². The first-order valence-corrected chi connectivity index (χ1v) is 9.52. The van der Waals surface area contributed by atoms with Crippen LogP contribution in [0.25, 0.3) is 0 Å². The molecule has 1 aliphatic carbocycles. The minimum Gasteiger partial charge on any atom is -0.351 e. The van der Waals surface area contributed by atoms with Gasteiger partial charge in [-0.3, -0.25) is 9.59 Å². The molecular formula is C20H29N3O2. The van der Waals surface area contributed by atoms with Crippen LogP contribution in [0.3, 0.4) is 0 Å². The summed E-state index contributed by atoms with van der Waals surface area (Å²) >= 11 is 0. The number of carbonyl (C=O) groups is 2. The highest BCUT2D eigenvalue weighted by molar-refractivity contribution is 5.90. The molecule has 0 unspecified atom stereocenters. The van der Waals surface area contributed by atoms with Crippen molar-refractivity contribution in [2.75, 3.05) is 18.4 Å². The van der Waals surface area contributed by atoms with Crippen LogP contribution >= 0.6 is 0 Å². The fraction of sp³-hybridized carbons (Fsp3) is 0.600. The van der Waals surface area contributed by atoms with Gasteiger partial charge in [0.05, 0.1) is 5.41 Å². The lowest BCUT2D eigenvalue weighted by Gasteiger charge is -2.37. The second-order valence-electron chi connectivity index (χ2n) is 7.41. The summed E-state index contributed by atoms with van der Waals surface area (Å²) in [7, 11) is 0. The van der Waals surface area contributed by atoms with E-state index in [9.17, 15) is 9.59 Å². The van der Waals surface area contributed by atoms with Gasteiger partial charge in [0.25, 0.3) is 0 Å². The predicted octanol–water partition coefficient (Wildman–Crippen LogP) is 2.82. The zero-order chi connectivity index (χ0) is 17.7. The van der Waals surface area contributed by atoms with Crippen molar-refractivity contribution in [3.63, 3.8) is 0 Å². The topological polar surface area (TPSA) is 70.2 Å². The van der Waals surface area contributed by atoms with Gasteiger partial charge in [-0.2, -0.15) is 0 Å². The molecule has 1 saturated heterocycles. The quantitative estimate of drug-likeness (QED) is 0.744. The van der Waals surface area contributed by atoms with Crippen molar-refractivity contribution < 1.29 is 9.59 Å². The number of hydrogen-bond acceptors (Lipinski definition) is 3. The third kappa shape index (κ3) is 4.03. The SMILES string of the molecule is CCCC(=O)Nc1ccc(CNC(=O)[C@@]23CCCC[C@H]2CNC3)cc1. The van der Waals surface area contributed by atoms with Crippen molar-refractivity contribution in [2.24, 2.45) is 11.3 Å². The Morgan fingerprint density at radius 1 is 1.24 bits per heavy atom. The van der Waals surface area contributed by atoms with Gasteiger partial charge in [-0.15, -0.1) is 0 Å². The van der Waals surface area contributed by atoms with Crippen molar-refractivity contribution in [3.05, 3.63) is 29.8 Å². The van der Waals surface area contributed by atoms with Crippen LogP contribution in [0.15, 0.2) is 24.3 Å². The number of rotatable bonds is 6. The first-order valence-electron chi connectivity index (χ1n) is 9.52. The number of nitrogens with one attached hydrogen (secondary N) is 3. The van der Waals surface area contributed by atoms with Gasteiger partial charge in [0, 0.05) is 25.2 Å². The van der Waals surface area contributed by atoms with Gasteiger partial charge in [0.1, 0.15) is 0 Å². The molecular weight excluding hydrogens is 314 g/mol. The Morgan fingerprint density at radius 2 is 2.04 bits per heavy atom. The van der Waals surface area contributed by atoms with Crippen LogP contribution in [0.2, 0.25) is 0 Å². The second kappa shape index (κ2) is 8.00. The molecule has 2 aliphatic rings. The van der Waals surface area contributed by atoms with Crippen LogP contribution < -0.4 is 16.0 Å². The maximum atomic E-state index is 12.9. The van der Waals surface area contributed by atoms with Gasteiger partial charge >= 0.3 is 0 Å². The second-order valence-corrected chi connectivity index (χ2v) is 7.41. The summed E-state index contributed by atoms with van der Waals surface area (Å²) in [4.78, 5) is 24.5. The number of anilines is 1. The van der Waals surface area contributed by atoms with Crippen molar-refractivity contribution >= 4 is 17.5 Å². The summed E-state index contributed by atoms with van der Waals surface area (Å²) in [5, 5.41) is 9.45. The van der Waals surface area contributed by atoms with E-state index < -0.39 is 0 Å². The molecule has 1 heterocycles. The standard InChI is InChI=1S/C20H29N3O2/c1-2-5-18(24)23-17-9-7-15(8-10-17)12-22-19(25)20-11-4-3-6-16(20)13-21-14-20/h7-10,16,21H,2-6,11-14H2,1H3,(H,22,25)(H,23,24)/t16-,20+/m0/s1. The van der Waals surface area contributed by atoms with Crippen LogP contribution in [-0.4, -0.2) is 24.9 Å². The van der Waals surface area contributed by atoms with Crippen molar-refractivity contribution in [3.8, 4) is 0 Å². The molecule has 3 N–H and O–H groups in total. The zero-order valence-corrected chi connectivity index (χ0v) is 15.1. The monoisotopic (exact) mass is 343 g/mol. The molecule has 1 aromatic rings. The fourth-order valence-electron chi connectivity index (χ4n) is 4.21. The highest BCUT2D eigenvalue weighted by Crippen LogP contribution is 2.43. The Labute approximate surface area is 150 Å². The van der Waals surface area contributed by atoms with Gasteiger partial charge in [-0.05, 0) is 49.4 Å². The molecule has 1 saturated carbocycles. The number of amides is 2. The lowest BCUT2D eigenvalue weighted by molar-refractivity contribution is -0.134. The number of fused-ring (bicyclic) bond motifs is 1. The van der Waals surface area contributed by atoms with Crippen molar-refractivity contribution in [1.29, 1.82) is 0 Å². The van der Waals surface area contributed by atoms with E-state index in [2.05, 4.69) is 16.0 Å². The van der Waals surface area contributed by atoms with Crippen LogP contribution in [0, 0.1) is 11.3 Å². The Hall–Kier alpha value is -1.88. The first kappa shape index (κ1) is 17.9. The van der Waals surface area contributed by atoms with E-state index in [0.717, 1.165) is 50.0 Å². The smallest absolute Gasteiger partial charge is 0.228 e. The molecule has 0 radical (unpaired) electrons. The minimum atomic E-state index is -0.202. The molecule has 3 rings (SSSR count). The van der Waals surface area contributed by atoms with Crippen LogP contribution in [0.1, 0.15) is 51.0 Å². The average molecular weight is 343 g/mol. The summed E-state index contributed by atoms with van der Waals surface area (Å²) in [6.07, 6.45) is 5.93. The Morgan fingerprint density at radius 3 is 2.80 bits per heavy atom. The van der Waals surface area contributed by atoms with Gasteiger partial charge in [-0.25, -0.2) is 0 Å². The fourth-order valence-corrected chi connectivity index (χ4v) is 4.21. The number of hydrogen-bond donors (Lipinski definition) is 3. The van der Waals surface area contributed by atoms with Crippen LogP contribution in [0.4, 0.5) is 5.69 Å². The Kier molecular flexibility index (Phi) is 5.74. The summed E-state index contributed by atoms with van der Waals surface area (Å²) in [5.41, 5.74) is 1.66. The molecule has 136 valence electrons. The number of carbonyl (C=O) groups excluding carboxylic acids is 2. The summed E-state index contributed by atoms with van der Waals surface area (Å²) in [6.45, 7) is 4.31. The summed E-state index contributed by atoms with van der Waals surface area (Å²) in [6, 6.07) is 7.72. The minimum absolute atomic E-state index is 0.0414. The molecule has 0 aromatic heterocycles. The van der Waals surface area contributed by atoms with Gasteiger partial charge in [0.15, 0.2) is 0 Å². The third-order valence-electron chi connectivity index (χ3n) is 5.66. The summed E-state index contributed by atoms with van der Waals surface area (Å²) in [5.74, 6) is 0.722. The van der Waals surface area contributed by atoms with E-state index in [-0.39, 0.29) is 17.2 Å². The van der Waals surface area contributed by atoms with Crippen molar-refractivity contribution in [2.45, 2.75) is 52.0 Å². The molecule has 1 aromatic carbocycles. The third-order valence-corrected chi connectivity index (χ3v) is 5.66. The van der Waals surface area contributed by atoms with E-state index in [1.807, 2.05) is 31.2 Å². The molecule has 5 heteroatoms. The molecule has 0 bridgehead atoms. The normalized spacial score (nSPS) is 25.2. The lowest BCUT2D eigenvalue weighted by atomic mass is 9.67. The van der Waals surface area contributed by atoms with Gasteiger partial charge < -0.3 is 16.0 Å². The Balaban J connectivity index is 1.54. The van der Waals surface area contributed by atoms with Crippen molar-refractivity contribution in [1.82, 2.24) is 10.6 Å². The molecule has 0 spiro atoms.